The van der Waals surface area contributed by atoms with E-state index in [-0.39, 0.29) is 17.7 Å². The van der Waals surface area contributed by atoms with Crippen LogP contribution in [0.5, 0.6) is 11.5 Å². The Morgan fingerprint density at radius 3 is 2.52 bits per heavy atom. The molecular formula is C25H32N2O4. The third-order valence-electron chi connectivity index (χ3n) is 5.54. The van der Waals surface area contributed by atoms with Gasteiger partial charge in [0.25, 0.3) is 5.91 Å². The van der Waals surface area contributed by atoms with Crippen LogP contribution >= 0.6 is 0 Å². The fraction of sp³-hybridized carbons (Fsp3) is 0.440. The fourth-order valence-corrected chi connectivity index (χ4v) is 4.09. The van der Waals surface area contributed by atoms with Gasteiger partial charge in [0.2, 0.25) is 5.91 Å². The van der Waals surface area contributed by atoms with Gasteiger partial charge >= 0.3 is 0 Å². The lowest BCUT2D eigenvalue weighted by molar-refractivity contribution is -0.126. The van der Waals surface area contributed by atoms with Gasteiger partial charge in [0.05, 0.1) is 19.6 Å². The highest BCUT2D eigenvalue weighted by molar-refractivity contribution is 5.95. The molecule has 0 spiro atoms. The lowest BCUT2D eigenvalue weighted by atomic mass is 9.96. The van der Waals surface area contributed by atoms with Crippen molar-refractivity contribution in [3.05, 3.63) is 58.7 Å². The van der Waals surface area contributed by atoms with Crippen LogP contribution in [-0.4, -0.2) is 43.5 Å². The number of likely N-dealkylation sites (tertiary alicyclic amines) is 1. The van der Waals surface area contributed by atoms with E-state index in [0.29, 0.717) is 43.3 Å². The Morgan fingerprint density at radius 1 is 1.10 bits per heavy atom. The molecule has 1 unspecified atom stereocenters. The van der Waals surface area contributed by atoms with Crippen LogP contribution < -0.4 is 14.8 Å². The molecule has 1 heterocycles. The van der Waals surface area contributed by atoms with Crippen molar-refractivity contribution in [3.63, 3.8) is 0 Å². The molecule has 1 aliphatic rings. The Bertz CT molecular complexity index is 921. The summed E-state index contributed by atoms with van der Waals surface area (Å²) in [5.41, 5.74) is 3.77. The van der Waals surface area contributed by atoms with Crippen molar-refractivity contribution in [3.8, 4) is 11.5 Å². The highest BCUT2D eigenvalue weighted by Gasteiger charge is 2.29. The van der Waals surface area contributed by atoms with Crippen LogP contribution in [-0.2, 0) is 11.3 Å². The Kier molecular flexibility index (Phi) is 7.55. The molecule has 166 valence electrons. The number of hydrogen-bond donors (Lipinski definition) is 1. The zero-order chi connectivity index (χ0) is 22.4. The number of carbonyl (C=O) groups is 2. The molecule has 2 amide bonds. The topological polar surface area (TPSA) is 67.9 Å². The van der Waals surface area contributed by atoms with E-state index in [9.17, 15) is 9.59 Å². The molecule has 1 atom stereocenters. The highest BCUT2D eigenvalue weighted by Crippen LogP contribution is 2.28. The number of nitrogens with zero attached hydrogens (tertiary/aromatic N) is 1. The maximum absolute atomic E-state index is 13.0. The molecule has 6 nitrogen and oxygen atoms in total. The number of nitrogens with one attached hydrogen (secondary N) is 1. The van der Waals surface area contributed by atoms with Crippen LogP contribution in [0.3, 0.4) is 0 Å². The number of hydrogen-bond acceptors (Lipinski definition) is 4. The van der Waals surface area contributed by atoms with E-state index in [1.807, 2.05) is 56.0 Å². The van der Waals surface area contributed by atoms with E-state index in [1.165, 1.54) is 0 Å². The Hall–Kier alpha value is -3.02. The van der Waals surface area contributed by atoms with Gasteiger partial charge in [0.1, 0.15) is 0 Å². The zero-order valence-corrected chi connectivity index (χ0v) is 18.9. The number of piperidine rings is 1. The zero-order valence-electron chi connectivity index (χ0n) is 18.9. The van der Waals surface area contributed by atoms with Crippen molar-refractivity contribution in [2.45, 2.75) is 40.2 Å². The van der Waals surface area contributed by atoms with Gasteiger partial charge < -0.3 is 19.7 Å². The molecule has 1 saturated heterocycles. The van der Waals surface area contributed by atoms with Crippen LogP contribution in [0.2, 0.25) is 0 Å². The van der Waals surface area contributed by atoms with Crippen LogP contribution in [0.4, 0.5) is 0 Å². The van der Waals surface area contributed by atoms with E-state index in [2.05, 4.69) is 11.4 Å². The average molecular weight is 425 g/mol. The second kappa shape index (κ2) is 10.3. The first kappa shape index (κ1) is 22.7. The number of carbonyl (C=O) groups excluding carboxylic acids is 2. The molecule has 3 rings (SSSR count). The van der Waals surface area contributed by atoms with Gasteiger partial charge in [0.15, 0.2) is 11.5 Å². The van der Waals surface area contributed by atoms with Crippen LogP contribution in [0.15, 0.2) is 36.4 Å². The van der Waals surface area contributed by atoms with Gasteiger partial charge in [-0.05, 0) is 63.4 Å². The quantitative estimate of drug-likeness (QED) is 0.733. The number of methoxy groups -OCH3 is 1. The first-order chi connectivity index (χ1) is 14.9. The summed E-state index contributed by atoms with van der Waals surface area (Å²) in [6.45, 7) is 8.01. The summed E-state index contributed by atoms with van der Waals surface area (Å²) in [6, 6.07) is 11.5. The minimum atomic E-state index is -0.201. The summed E-state index contributed by atoms with van der Waals surface area (Å²) in [4.78, 5) is 27.6. The second-order valence-electron chi connectivity index (χ2n) is 8.10. The number of aryl methyl sites for hydroxylation is 2. The summed E-state index contributed by atoms with van der Waals surface area (Å²) in [7, 11) is 1.60. The lowest BCUT2D eigenvalue weighted by Gasteiger charge is -2.32. The average Bonchev–Trinajstić information content (AvgIpc) is 2.77. The van der Waals surface area contributed by atoms with E-state index < -0.39 is 0 Å². The van der Waals surface area contributed by atoms with E-state index in [1.54, 1.807) is 7.11 Å². The van der Waals surface area contributed by atoms with Crippen molar-refractivity contribution < 1.29 is 19.1 Å². The molecule has 1 N–H and O–H groups in total. The summed E-state index contributed by atoms with van der Waals surface area (Å²) < 4.78 is 10.9. The normalized spacial score (nSPS) is 16.0. The molecule has 0 radical (unpaired) electrons. The molecule has 31 heavy (non-hydrogen) atoms. The van der Waals surface area contributed by atoms with E-state index in [4.69, 9.17) is 9.47 Å². The number of benzene rings is 2. The molecule has 0 bridgehead atoms. The van der Waals surface area contributed by atoms with Crippen molar-refractivity contribution in [1.82, 2.24) is 10.2 Å². The standard InChI is InChI=1S/C25H32N2O4/c1-5-31-22-9-8-19(14-23(22)30-4)15-26-24(28)20-7-6-10-27(16-20)25(29)21-12-17(2)11-18(3)13-21/h8-9,11-14,20H,5-7,10,15-16H2,1-4H3,(H,26,28). The molecule has 0 aliphatic carbocycles. The SMILES string of the molecule is CCOc1ccc(CNC(=O)C2CCCN(C(=O)c3cc(C)cc(C)c3)C2)cc1OC. The maximum atomic E-state index is 13.0. The molecular weight excluding hydrogens is 392 g/mol. The Morgan fingerprint density at radius 2 is 1.84 bits per heavy atom. The molecule has 0 aromatic heterocycles. The second-order valence-corrected chi connectivity index (χ2v) is 8.10. The number of rotatable bonds is 7. The summed E-state index contributed by atoms with van der Waals surface area (Å²) in [6.07, 6.45) is 1.61. The first-order valence-corrected chi connectivity index (χ1v) is 10.9. The van der Waals surface area contributed by atoms with Crippen LogP contribution in [0, 0.1) is 19.8 Å². The maximum Gasteiger partial charge on any atom is 0.253 e. The largest absolute Gasteiger partial charge is 0.493 e. The molecule has 2 aromatic carbocycles. The third-order valence-corrected chi connectivity index (χ3v) is 5.54. The van der Waals surface area contributed by atoms with Gasteiger partial charge in [-0.3, -0.25) is 9.59 Å². The molecule has 2 aromatic rings. The van der Waals surface area contributed by atoms with Crippen LogP contribution in [0.25, 0.3) is 0 Å². The minimum absolute atomic E-state index is 0.000509. The van der Waals surface area contributed by atoms with E-state index >= 15 is 0 Å². The lowest BCUT2D eigenvalue weighted by Crippen LogP contribution is -2.45. The van der Waals surface area contributed by atoms with Gasteiger partial charge in [-0.2, -0.15) is 0 Å². The smallest absolute Gasteiger partial charge is 0.253 e. The van der Waals surface area contributed by atoms with Crippen molar-refractivity contribution in [1.29, 1.82) is 0 Å². The summed E-state index contributed by atoms with van der Waals surface area (Å²) >= 11 is 0. The van der Waals surface area contributed by atoms with Crippen molar-refractivity contribution in [2.75, 3.05) is 26.8 Å². The Labute approximate surface area is 184 Å². The van der Waals surface area contributed by atoms with Gasteiger partial charge in [0, 0.05) is 25.2 Å². The monoisotopic (exact) mass is 424 g/mol. The summed E-state index contributed by atoms with van der Waals surface area (Å²) in [5.74, 6) is 1.11. The van der Waals surface area contributed by atoms with Crippen LogP contribution in [0.1, 0.15) is 46.8 Å². The van der Waals surface area contributed by atoms with Gasteiger partial charge in [-0.1, -0.05) is 23.3 Å². The molecule has 1 aliphatic heterocycles. The fourth-order valence-electron chi connectivity index (χ4n) is 4.09. The predicted molar refractivity (Wildman–Crippen MR) is 121 cm³/mol. The molecule has 1 fully saturated rings. The number of ether oxygens (including phenoxy) is 2. The highest BCUT2D eigenvalue weighted by atomic mass is 16.5. The minimum Gasteiger partial charge on any atom is -0.493 e. The summed E-state index contributed by atoms with van der Waals surface area (Å²) in [5, 5.41) is 3.02. The predicted octanol–water partition coefficient (Wildman–Crippen LogP) is 3.88. The van der Waals surface area contributed by atoms with Gasteiger partial charge in [-0.15, -0.1) is 0 Å². The molecule has 6 heteroatoms. The first-order valence-electron chi connectivity index (χ1n) is 10.9. The third kappa shape index (κ3) is 5.78. The van der Waals surface area contributed by atoms with Gasteiger partial charge in [-0.25, -0.2) is 0 Å². The van der Waals surface area contributed by atoms with E-state index in [0.717, 1.165) is 29.5 Å². The number of amides is 2. The molecule has 0 saturated carbocycles. The Balaban J connectivity index is 1.60. The van der Waals surface area contributed by atoms with Crippen molar-refractivity contribution in [2.24, 2.45) is 5.92 Å². The van der Waals surface area contributed by atoms with Crippen molar-refractivity contribution >= 4 is 11.8 Å².